The van der Waals surface area contributed by atoms with Crippen molar-refractivity contribution in [3.05, 3.63) is 96.6 Å². The standard InChI is InChI=1S/C29H30N4O3/c1-21(2)19-32(29(35)23-13-10-16-25(17-23)36-3)20-28(34)30-27-18-26(22-11-6-4-7-12-22)31-33(27)24-14-8-5-9-15-24/h4-18,21H,19-20H2,1-3H3,(H,30,34). The Hall–Kier alpha value is -4.39. The summed E-state index contributed by atoms with van der Waals surface area (Å²) >= 11 is 0. The van der Waals surface area contributed by atoms with Crippen LogP contribution in [0.1, 0.15) is 24.2 Å². The Morgan fingerprint density at radius 2 is 1.64 bits per heavy atom. The number of methoxy groups -OCH3 is 1. The largest absolute Gasteiger partial charge is 0.497 e. The van der Waals surface area contributed by atoms with Crippen molar-refractivity contribution in [3.63, 3.8) is 0 Å². The Labute approximate surface area is 211 Å². The Kier molecular flexibility index (Phi) is 7.80. The highest BCUT2D eigenvalue weighted by Crippen LogP contribution is 2.25. The van der Waals surface area contributed by atoms with E-state index < -0.39 is 0 Å². The van der Waals surface area contributed by atoms with E-state index in [9.17, 15) is 9.59 Å². The van der Waals surface area contributed by atoms with Crippen LogP contribution in [0.4, 0.5) is 5.82 Å². The van der Waals surface area contributed by atoms with Crippen LogP contribution in [-0.2, 0) is 4.79 Å². The number of rotatable bonds is 9. The van der Waals surface area contributed by atoms with Gasteiger partial charge >= 0.3 is 0 Å². The molecule has 1 aromatic heterocycles. The number of amides is 2. The van der Waals surface area contributed by atoms with Crippen LogP contribution in [0.5, 0.6) is 5.75 Å². The van der Waals surface area contributed by atoms with Crippen molar-refractivity contribution in [1.29, 1.82) is 0 Å². The molecule has 0 aliphatic heterocycles. The first-order valence-corrected chi connectivity index (χ1v) is 11.9. The molecule has 0 bridgehead atoms. The topological polar surface area (TPSA) is 76.5 Å². The van der Waals surface area contributed by atoms with Crippen molar-refractivity contribution in [3.8, 4) is 22.7 Å². The van der Waals surface area contributed by atoms with E-state index in [0.29, 0.717) is 23.7 Å². The fourth-order valence-electron chi connectivity index (χ4n) is 3.94. The summed E-state index contributed by atoms with van der Waals surface area (Å²) < 4.78 is 6.97. The van der Waals surface area contributed by atoms with Crippen molar-refractivity contribution in [2.75, 3.05) is 25.5 Å². The van der Waals surface area contributed by atoms with Gasteiger partial charge in [0.2, 0.25) is 5.91 Å². The molecule has 0 spiro atoms. The highest BCUT2D eigenvalue weighted by Gasteiger charge is 2.22. The van der Waals surface area contributed by atoms with E-state index in [1.807, 2.05) is 80.6 Å². The van der Waals surface area contributed by atoms with Gasteiger partial charge in [0.25, 0.3) is 5.91 Å². The van der Waals surface area contributed by atoms with Gasteiger partial charge < -0.3 is 15.0 Å². The number of nitrogens with zero attached hydrogens (tertiary/aromatic N) is 3. The van der Waals surface area contributed by atoms with Crippen molar-refractivity contribution >= 4 is 17.6 Å². The van der Waals surface area contributed by atoms with Crippen molar-refractivity contribution in [2.45, 2.75) is 13.8 Å². The summed E-state index contributed by atoms with van der Waals surface area (Å²) in [6.45, 7) is 4.38. The molecule has 0 aliphatic rings. The predicted octanol–water partition coefficient (Wildman–Crippen LogP) is 5.28. The van der Waals surface area contributed by atoms with Crippen LogP contribution in [0.2, 0.25) is 0 Å². The molecule has 0 saturated heterocycles. The third-order valence-corrected chi connectivity index (χ3v) is 5.57. The Morgan fingerprint density at radius 1 is 0.944 bits per heavy atom. The number of hydrogen-bond donors (Lipinski definition) is 1. The van der Waals surface area contributed by atoms with Crippen LogP contribution in [0.3, 0.4) is 0 Å². The zero-order valence-corrected chi connectivity index (χ0v) is 20.7. The molecule has 36 heavy (non-hydrogen) atoms. The second kappa shape index (κ2) is 11.4. The summed E-state index contributed by atoms with van der Waals surface area (Å²) in [5.74, 6) is 0.785. The molecule has 2 amide bonds. The number of aromatic nitrogens is 2. The van der Waals surface area contributed by atoms with E-state index in [1.54, 1.807) is 41.0 Å². The van der Waals surface area contributed by atoms with E-state index in [-0.39, 0.29) is 24.3 Å². The van der Waals surface area contributed by atoms with Gasteiger partial charge in [-0.2, -0.15) is 5.10 Å². The normalized spacial score (nSPS) is 10.8. The fraction of sp³-hybridized carbons (Fsp3) is 0.207. The lowest BCUT2D eigenvalue weighted by Crippen LogP contribution is -2.40. The minimum Gasteiger partial charge on any atom is -0.497 e. The van der Waals surface area contributed by atoms with Gasteiger partial charge in [-0.15, -0.1) is 0 Å². The zero-order chi connectivity index (χ0) is 25.5. The third-order valence-electron chi connectivity index (χ3n) is 5.57. The second-order valence-corrected chi connectivity index (χ2v) is 8.89. The van der Waals surface area contributed by atoms with Gasteiger partial charge in [0.05, 0.1) is 18.5 Å². The number of nitrogens with one attached hydrogen (secondary N) is 1. The van der Waals surface area contributed by atoms with Gasteiger partial charge in [-0.3, -0.25) is 9.59 Å². The van der Waals surface area contributed by atoms with E-state index in [4.69, 9.17) is 9.84 Å². The van der Waals surface area contributed by atoms with Crippen LogP contribution in [0, 0.1) is 5.92 Å². The number of para-hydroxylation sites is 1. The van der Waals surface area contributed by atoms with Gasteiger partial charge in [-0.05, 0) is 36.2 Å². The molecule has 0 saturated carbocycles. The lowest BCUT2D eigenvalue weighted by molar-refractivity contribution is -0.117. The first-order chi connectivity index (χ1) is 17.4. The molecule has 1 heterocycles. The molecule has 4 aromatic rings. The van der Waals surface area contributed by atoms with E-state index in [2.05, 4.69) is 5.32 Å². The molecule has 0 unspecified atom stereocenters. The minimum atomic E-state index is -0.302. The van der Waals surface area contributed by atoms with Crippen LogP contribution in [-0.4, -0.2) is 46.7 Å². The van der Waals surface area contributed by atoms with Crippen molar-refractivity contribution < 1.29 is 14.3 Å². The molecule has 4 rings (SSSR count). The number of carbonyl (C=O) groups is 2. The first-order valence-electron chi connectivity index (χ1n) is 11.9. The summed E-state index contributed by atoms with van der Waals surface area (Å²) in [6.07, 6.45) is 0. The number of ether oxygens (including phenoxy) is 1. The molecule has 0 radical (unpaired) electrons. The monoisotopic (exact) mass is 482 g/mol. The smallest absolute Gasteiger partial charge is 0.254 e. The summed E-state index contributed by atoms with van der Waals surface area (Å²) in [7, 11) is 1.56. The highest BCUT2D eigenvalue weighted by atomic mass is 16.5. The molecule has 7 nitrogen and oxygen atoms in total. The SMILES string of the molecule is COc1cccc(C(=O)N(CC(=O)Nc2cc(-c3ccccc3)nn2-c2ccccc2)CC(C)C)c1. The lowest BCUT2D eigenvalue weighted by Gasteiger charge is -2.24. The van der Waals surface area contributed by atoms with Crippen molar-refractivity contribution in [2.24, 2.45) is 5.92 Å². The summed E-state index contributed by atoms with van der Waals surface area (Å²) in [5.41, 5.74) is 2.98. The molecule has 0 fully saturated rings. The average molecular weight is 483 g/mol. The summed E-state index contributed by atoms with van der Waals surface area (Å²) in [5, 5.41) is 7.72. The van der Waals surface area contributed by atoms with Crippen LogP contribution in [0.25, 0.3) is 16.9 Å². The van der Waals surface area contributed by atoms with Crippen LogP contribution >= 0.6 is 0 Å². The molecule has 184 valence electrons. The fourth-order valence-corrected chi connectivity index (χ4v) is 3.94. The van der Waals surface area contributed by atoms with Crippen molar-refractivity contribution in [1.82, 2.24) is 14.7 Å². The van der Waals surface area contributed by atoms with Crippen LogP contribution in [0.15, 0.2) is 91.0 Å². The Bertz CT molecular complexity index is 1320. The summed E-state index contributed by atoms with van der Waals surface area (Å²) in [6, 6.07) is 28.2. The second-order valence-electron chi connectivity index (χ2n) is 8.89. The number of hydrogen-bond acceptors (Lipinski definition) is 4. The molecular formula is C29H30N4O3. The quantitative estimate of drug-likeness (QED) is 0.352. The lowest BCUT2D eigenvalue weighted by atomic mass is 10.1. The number of anilines is 1. The minimum absolute atomic E-state index is 0.0884. The molecule has 0 atom stereocenters. The zero-order valence-electron chi connectivity index (χ0n) is 20.7. The van der Waals surface area contributed by atoms with Gasteiger partial charge in [0, 0.05) is 23.7 Å². The first kappa shape index (κ1) is 24.7. The molecule has 3 aromatic carbocycles. The number of benzene rings is 3. The van der Waals surface area contributed by atoms with E-state index >= 15 is 0 Å². The maximum absolute atomic E-state index is 13.3. The molecule has 0 aliphatic carbocycles. The molecular weight excluding hydrogens is 452 g/mol. The van der Waals surface area contributed by atoms with E-state index in [0.717, 1.165) is 16.9 Å². The van der Waals surface area contributed by atoms with E-state index in [1.165, 1.54) is 0 Å². The highest BCUT2D eigenvalue weighted by molar-refractivity contribution is 5.99. The van der Waals surface area contributed by atoms with Gasteiger partial charge in [0.15, 0.2) is 0 Å². The molecule has 7 heteroatoms. The molecule has 1 N–H and O–H groups in total. The average Bonchev–Trinajstić information content (AvgIpc) is 3.32. The van der Waals surface area contributed by atoms with Gasteiger partial charge in [0.1, 0.15) is 18.1 Å². The van der Waals surface area contributed by atoms with Gasteiger partial charge in [-0.1, -0.05) is 68.4 Å². The summed E-state index contributed by atoms with van der Waals surface area (Å²) in [4.78, 5) is 28.1. The third kappa shape index (κ3) is 5.99. The maximum atomic E-state index is 13.3. The Morgan fingerprint density at radius 3 is 2.31 bits per heavy atom. The van der Waals surface area contributed by atoms with Crippen LogP contribution < -0.4 is 10.1 Å². The number of carbonyl (C=O) groups excluding carboxylic acids is 2. The maximum Gasteiger partial charge on any atom is 0.254 e. The van der Waals surface area contributed by atoms with Gasteiger partial charge in [-0.25, -0.2) is 4.68 Å². The predicted molar refractivity (Wildman–Crippen MR) is 141 cm³/mol. The Balaban J connectivity index is 1.59.